The molecule has 0 aliphatic carbocycles. The molecule has 14 heavy (non-hydrogen) atoms. The van der Waals surface area contributed by atoms with E-state index in [9.17, 15) is 0 Å². The van der Waals surface area contributed by atoms with Crippen LogP contribution >= 0.6 is 0 Å². The Morgan fingerprint density at radius 1 is 1.14 bits per heavy atom. The zero-order chi connectivity index (χ0) is 10.2. The summed E-state index contributed by atoms with van der Waals surface area (Å²) in [5, 5.41) is 0. The predicted molar refractivity (Wildman–Crippen MR) is 60.1 cm³/mol. The Kier molecular flexibility index (Phi) is 4.73. The van der Waals surface area contributed by atoms with Crippen molar-refractivity contribution in [1.29, 1.82) is 0 Å². The van der Waals surface area contributed by atoms with Crippen molar-refractivity contribution in [3.05, 3.63) is 61.2 Å². The van der Waals surface area contributed by atoms with Crippen LogP contribution in [0.1, 0.15) is 18.1 Å². The third kappa shape index (κ3) is 3.19. The highest BCUT2D eigenvalue weighted by Crippen LogP contribution is 2.20. The summed E-state index contributed by atoms with van der Waals surface area (Å²) in [7, 11) is 0. The third-order valence-electron chi connectivity index (χ3n) is 1.97. The zero-order valence-electron chi connectivity index (χ0n) is 8.36. The normalized spacial score (nSPS) is 12.0. The van der Waals surface area contributed by atoms with Gasteiger partial charge in [-0.05, 0) is 12.0 Å². The lowest BCUT2D eigenvalue weighted by molar-refractivity contribution is 0.0766. The van der Waals surface area contributed by atoms with Gasteiger partial charge in [0.15, 0.2) is 0 Å². The van der Waals surface area contributed by atoms with E-state index in [2.05, 4.69) is 25.3 Å². The van der Waals surface area contributed by atoms with Crippen LogP contribution in [0.25, 0.3) is 0 Å². The van der Waals surface area contributed by atoms with Gasteiger partial charge in [0.05, 0.1) is 12.7 Å². The predicted octanol–water partition coefficient (Wildman–Crippen LogP) is 3.51. The molecule has 74 valence electrons. The van der Waals surface area contributed by atoms with Gasteiger partial charge in [0, 0.05) is 0 Å². The Bertz CT molecular complexity index is 277. The van der Waals surface area contributed by atoms with Gasteiger partial charge in [-0.2, -0.15) is 0 Å². The molecule has 0 saturated carbocycles. The van der Waals surface area contributed by atoms with Crippen LogP contribution in [-0.2, 0) is 4.74 Å². The molecule has 0 fully saturated rings. The second kappa shape index (κ2) is 6.17. The molecule has 0 saturated heterocycles. The van der Waals surface area contributed by atoms with Crippen molar-refractivity contribution in [3.63, 3.8) is 0 Å². The third-order valence-corrected chi connectivity index (χ3v) is 1.97. The topological polar surface area (TPSA) is 9.23 Å². The Morgan fingerprint density at radius 3 is 2.43 bits per heavy atom. The average Bonchev–Trinajstić information content (AvgIpc) is 2.25. The fourth-order valence-electron chi connectivity index (χ4n) is 1.30. The maximum atomic E-state index is 5.63. The van der Waals surface area contributed by atoms with Crippen molar-refractivity contribution < 1.29 is 4.74 Å². The van der Waals surface area contributed by atoms with Gasteiger partial charge in [-0.3, -0.25) is 0 Å². The Morgan fingerprint density at radius 2 is 1.86 bits per heavy atom. The first-order valence-corrected chi connectivity index (χ1v) is 4.76. The van der Waals surface area contributed by atoms with Crippen LogP contribution in [0.2, 0.25) is 0 Å². The van der Waals surface area contributed by atoms with E-state index >= 15 is 0 Å². The minimum atomic E-state index is 0.103. The van der Waals surface area contributed by atoms with E-state index in [4.69, 9.17) is 4.74 Å². The fourth-order valence-corrected chi connectivity index (χ4v) is 1.30. The van der Waals surface area contributed by atoms with E-state index in [-0.39, 0.29) is 6.10 Å². The van der Waals surface area contributed by atoms with E-state index in [0.29, 0.717) is 6.61 Å². The lowest BCUT2D eigenvalue weighted by atomic mass is 10.1. The van der Waals surface area contributed by atoms with Gasteiger partial charge in [0.2, 0.25) is 0 Å². The number of rotatable bonds is 6. The van der Waals surface area contributed by atoms with Crippen LogP contribution < -0.4 is 0 Å². The van der Waals surface area contributed by atoms with E-state index in [0.717, 1.165) is 6.42 Å². The van der Waals surface area contributed by atoms with Crippen LogP contribution in [0.4, 0.5) is 0 Å². The highest BCUT2D eigenvalue weighted by Gasteiger charge is 2.08. The molecule has 0 unspecified atom stereocenters. The smallest absolute Gasteiger partial charge is 0.0863 e. The van der Waals surface area contributed by atoms with Gasteiger partial charge < -0.3 is 4.74 Å². The van der Waals surface area contributed by atoms with Gasteiger partial charge in [-0.15, -0.1) is 13.2 Å². The summed E-state index contributed by atoms with van der Waals surface area (Å²) < 4.78 is 5.63. The molecule has 0 aliphatic heterocycles. The van der Waals surface area contributed by atoms with Crippen LogP contribution in [-0.4, -0.2) is 6.61 Å². The minimum Gasteiger partial charge on any atom is -0.369 e. The molecule has 0 heterocycles. The molecule has 0 radical (unpaired) electrons. The molecule has 1 rings (SSSR count). The maximum absolute atomic E-state index is 5.63. The van der Waals surface area contributed by atoms with Gasteiger partial charge in [0.1, 0.15) is 0 Å². The first-order chi connectivity index (χ1) is 6.88. The molecule has 0 bridgehead atoms. The van der Waals surface area contributed by atoms with Crippen molar-refractivity contribution in [1.82, 2.24) is 0 Å². The molecular weight excluding hydrogens is 172 g/mol. The van der Waals surface area contributed by atoms with Crippen LogP contribution in [0, 0.1) is 0 Å². The highest BCUT2D eigenvalue weighted by molar-refractivity contribution is 5.18. The van der Waals surface area contributed by atoms with Crippen LogP contribution in [0.15, 0.2) is 55.6 Å². The molecule has 1 atom stereocenters. The summed E-state index contributed by atoms with van der Waals surface area (Å²) >= 11 is 0. The fraction of sp³-hybridized carbons (Fsp3) is 0.231. The van der Waals surface area contributed by atoms with Gasteiger partial charge >= 0.3 is 0 Å². The summed E-state index contributed by atoms with van der Waals surface area (Å²) in [4.78, 5) is 0. The molecule has 0 N–H and O–H groups in total. The maximum Gasteiger partial charge on any atom is 0.0863 e. The number of benzene rings is 1. The molecule has 1 nitrogen and oxygen atoms in total. The summed E-state index contributed by atoms with van der Waals surface area (Å²) in [6, 6.07) is 10.2. The zero-order valence-corrected chi connectivity index (χ0v) is 8.36. The van der Waals surface area contributed by atoms with Crippen molar-refractivity contribution in [2.45, 2.75) is 12.5 Å². The molecule has 0 aromatic heterocycles. The average molecular weight is 188 g/mol. The molecule has 0 aliphatic rings. The standard InChI is InChI=1S/C13H16O/c1-3-8-13(14-11-4-2)12-9-6-5-7-10-12/h3-7,9-10,13H,1-2,8,11H2/t13-/m0/s1. The van der Waals surface area contributed by atoms with Gasteiger partial charge in [-0.1, -0.05) is 42.5 Å². The van der Waals surface area contributed by atoms with Crippen LogP contribution in [0.5, 0.6) is 0 Å². The van der Waals surface area contributed by atoms with E-state index in [1.807, 2.05) is 24.3 Å². The summed E-state index contributed by atoms with van der Waals surface area (Å²) in [6.45, 7) is 7.94. The van der Waals surface area contributed by atoms with Crippen molar-refractivity contribution in [2.75, 3.05) is 6.61 Å². The van der Waals surface area contributed by atoms with Gasteiger partial charge in [-0.25, -0.2) is 0 Å². The quantitative estimate of drug-likeness (QED) is 0.621. The SMILES string of the molecule is C=CCO[C@@H](CC=C)c1ccccc1. The Balaban J connectivity index is 2.66. The minimum absolute atomic E-state index is 0.103. The summed E-state index contributed by atoms with van der Waals surface area (Å²) in [5.41, 5.74) is 1.19. The molecule has 0 amide bonds. The van der Waals surface area contributed by atoms with E-state index in [1.54, 1.807) is 6.08 Å². The molecular formula is C13H16O. The Hall–Kier alpha value is -1.34. The number of hydrogen-bond acceptors (Lipinski definition) is 1. The Labute approximate surface area is 85.7 Å². The molecule has 1 heteroatoms. The van der Waals surface area contributed by atoms with E-state index < -0.39 is 0 Å². The van der Waals surface area contributed by atoms with E-state index in [1.165, 1.54) is 5.56 Å². The first kappa shape index (κ1) is 10.7. The largest absolute Gasteiger partial charge is 0.369 e. The van der Waals surface area contributed by atoms with Crippen molar-refractivity contribution in [3.8, 4) is 0 Å². The second-order valence-corrected chi connectivity index (χ2v) is 3.05. The lowest BCUT2D eigenvalue weighted by Crippen LogP contribution is -2.03. The van der Waals surface area contributed by atoms with Crippen LogP contribution in [0.3, 0.4) is 0 Å². The highest BCUT2D eigenvalue weighted by atomic mass is 16.5. The summed E-state index contributed by atoms with van der Waals surface area (Å²) in [5.74, 6) is 0. The molecule has 0 spiro atoms. The second-order valence-electron chi connectivity index (χ2n) is 3.05. The lowest BCUT2D eigenvalue weighted by Gasteiger charge is -2.15. The molecule has 1 aromatic carbocycles. The van der Waals surface area contributed by atoms with Crippen molar-refractivity contribution >= 4 is 0 Å². The monoisotopic (exact) mass is 188 g/mol. The number of ether oxygens (including phenoxy) is 1. The van der Waals surface area contributed by atoms with Crippen molar-refractivity contribution in [2.24, 2.45) is 0 Å². The van der Waals surface area contributed by atoms with Gasteiger partial charge in [0.25, 0.3) is 0 Å². The molecule has 1 aromatic rings. The number of hydrogen-bond donors (Lipinski definition) is 0. The summed E-state index contributed by atoms with van der Waals surface area (Å²) in [6.07, 6.45) is 4.57. The first-order valence-electron chi connectivity index (χ1n) is 4.76.